The van der Waals surface area contributed by atoms with E-state index in [9.17, 15) is 0 Å². The van der Waals surface area contributed by atoms with Crippen molar-refractivity contribution in [1.29, 1.82) is 0 Å². The lowest BCUT2D eigenvalue weighted by Gasteiger charge is -1.68. The Bertz CT molecular complexity index is 9.51. The summed E-state index contributed by atoms with van der Waals surface area (Å²) >= 11 is 0. The molecule has 0 bridgehead atoms. The molecule has 0 atom stereocenters. The average molecular weight is 115 g/mol. The number of rotatable bonds is 1. The molecule has 0 heterocycles. The Kier molecular flexibility index (Phi) is 51.4. The van der Waals surface area contributed by atoms with Gasteiger partial charge in [0.25, 0.3) is 0 Å². The van der Waals surface area contributed by atoms with Crippen molar-refractivity contribution in [1.82, 2.24) is 0 Å². The molecule has 42 valence electrons. The van der Waals surface area contributed by atoms with Crippen LogP contribution >= 0.6 is 12.4 Å². The minimum Gasteiger partial charge on any atom is -0.269 e. The second kappa shape index (κ2) is 18.9. The van der Waals surface area contributed by atoms with Crippen molar-refractivity contribution in [3.8, 4) is 0 Å². The van der Waals surface area contributed by atoms with Crippen LogP contribution in [0, 0.1) is 0 Å². The third kappa shape index (κ3) is 29.4. The van der Waals surface area contributed by atoms with E-state index in [2.05, 4.69) is 13.8 Å². The zero-order chi connectivity index (χ0) is 3.41. The van der Waals surface area contributed by atoms with Gasteiger partial charge in [0.1, 0.15) is 0 Å². The fourth-order valence-corrected chi connectivity index (χ4v) is 0. The minimum atomic E-state index is 0. The lowest BCUT2D eigenvalue weighted by atomic mass is 10.4. The monoisotopic (exact) mass is 114 g/mol. The quantitative estimate of drug-likeness (QED) is 0.491. The highest BCUT2D eigenvalue weighted by Crippen LogP contribution is 1.76. The standard InChI is InChI=1S/C4H10.ClH.FH/c1-3-4-2;;/h3-4H2,1-2H3;2*1H. The molecule has 0 unspecified atom stereocenters. The summed E-state index contributed by atoms with van der Waals surface area (Å²) in [5, 5.41) is 0. The third-order valence-electron chi connectivity index (χ3n) is 0.500. The average Bonchev–Trinajstić information content (AvgIpc) is 1.37. The van der Waals surface area contributed by atoms with E-state index >= 15 is 0 Å². The molecule has 0 radical (unpaired) electrons. The van der Waals surface area contributed by atoms with Crippen LogP contribution in [-0.2, 0) is 0 Å². The maximum Gasteiger partial charge on any atom is -0.0564 e. The van der Waals surface area contributed by atoms with Gasteiger partial charge in [0.2, 0.25) is 0 Å². The van der Waals surface area contributed by atoms with Crippen molar-refractivity contribution in [2.45, 2.75) is 26.7 Å². The Morgan fingerprint density at radius 1 is 1.00 bits per heavy atom. The summed E-state index contributed by atoms with van der Waals surface area (Å²) in [6, 6.07) is 0. The van der Waals surface area contributed by atoms with Crippen LogP contribution < -0.4 is 0 Å². The van der Waals surface area contributed by atoms with Gasteiger partial charge in [-0.1, -0.05) is 26.7 Å². The Morgan fingerprint density at radius 3 is 1.17 bits per heavy atom. The van der Waals surface area contributed by atoms with Crippen LogP contribution in [0.2, 0.25) is 0 Å². The van der Waals surface area contributed by atoms with Crippen LogP contribution in [0.4, 0.5) is 4.70 Å². The van der Waals surface area contributed by atoms with Gasteiger partial charge in [-0.3, -0.25) is 4.70 Å². The lowest BCUT2D eigenvalue weighted by molar-refractivity contribution is 0.886. The zero-order valence-electron chi connectivity index (χ0n) is 4.23. The predicted octanol–water partition coefficient (Wildman–Crippen LogP) is 2.38. The maximum absolute atomic E-state index is 2.18. The smallest absolute Gasteiger partial charge is 0.0564 e. The Hall–Kier alpha value is 0.220. The summed E-state index contributed by atoms with van der Waals surface area (Å²) in [6.45, 7) is 4.36. The molecular weight excluding hydrogens is 102 g/mol. The molecule has 2 heteroatoms. The van der Waals surface area contributed by atoms with Crippen LogP contribution in [0.25, 0.3) is 0 Å². The fourth-order valence-electron chi connectivity index (χ4n) is 0. The molecule has 0 saturated carbocycles. The number of halogens is 2. The molecule has 6 heavy (non-hydrogen) atoms. The summed E-state index contributed by atoms with van der Waals surface area (Å²) in [6.07, 6.45) is 2.64. The summed E-state index contributed by atoms with van der Waals surface area (Å²) < 4.78 is 0. The number of unbranched alkanes of at least 4 members (excludes halogenated alkanes) is 1. The van der Waals surface area contributed by atoms with E-state index in [1.807, 2.05) is 0 Å². The molecule has 0 aromatic carbocycles. The molecule has 0 amide bonds. The number of hydrogen-bond donors (Lipinski definition) is 0. The molecule has 0 fully saturated rings. The van der Waals surface area contributed by atoms with Gasteiger partial charge in [-0.15, -0.1) is 12.4 Å². The van der Waals surface area contributed by atoms with Crippen LogP contribution in [0.5, 0.6) is 0 Å². The van der Waals surface area contributed by atoms with Gasteiger partial charge in [0.15, 0.2) is 0 Å². The highest BCUT2D eigenvalue weighted by Gasteiger charge is 1.56. The molecule has 0 aromatic heterocycles. The van der Waals surface area contributed by atoms with Gasteiger partial charge in [0, 0.05) is 0 Å². The highest BCUT2D eigenvalue weighted by atomic mass is 35.5. The van der Waals surface area contributed by atoms with Crippen molar-refractivity contribution in [3.05, 3.63) is 0 Å². The van der Waals surface area contributed by atoms with Crippen molar-refractivity contribution in [2.75, 3.05) is 0 Å². The topological polar surface area (TPSA) is 0 Å². The van der Waals surface area contributed by atoms with E-state index in [0.717, 1.165) is 0 Å². The zero-order valence-corrected chi connectivity index (χ0v) is 5.05. The summed E-state index contributed by atoms with van der Waals surface area (Å²) in [7, 11) is 0. The summed E-state index contributed by atoms with van der Waals surface area (Å²) in [5.41, 5.74) is 0. The molecule has 0 aliphatic heterocycles. The van der Waals surface area contributed by atoms with Gasteiger partial charge in [-0.2, -0.15) is 0 Å². The molecule has 0 aliphatic carbocycles. The van der Waals surface area contributed by atoms with Crippen LogP contribution in [0.15, 0.2) is 0 Å². The molecule has 0 rings (SSSR count). The second-order valence-corrected chi connectivity index (χ2v) is 1.000. The first-order valence-corrected chi connectivity index (χ1v) is 1.91. The van der Waals surface area contributed by atoms with Gasteiger partial charge >= 0.3 is 0 Å². The van der Waals surface area contributed by atoms with E-state index in [1.165, 1.54) is 12.8 Å². The summed E-state index contributed by atoms with van der Waals surface area (Å²) in [5.74, 6) is 0. The van der Waals surface area contributed by atoms with Crippen molar-refractivity contribution in [3.63, 3.8) is 0 Å². The van der Waals surface area contributed by atoms with Crippen molar-refractivity contribution in [2.24, 2.45) is 0 Å². The SMILES string of the molecule is CCCC.Cl.F. The van der Waals surface area contributed by atoms with Crippen molar-refractivity contribution < 1.29 is 4.70 Å². The van der Waals surface area contributed by atoms with Gasteiger partial charge in [-0.25, -0.2) is 0 Å². The van der Waals surface area contributed by atoms with Crippen LogP contribution in [0.3, 0.4) is 0 Å². The van der Waals surface area contributed by atoms with E-state index < -0.39 is 0 Å². The Balaban J connectivity index is -0.0000000450. The fraction of sp³-hybridized carbons (Fsp3) is 1.00. The van der Waals surface area contributed by atoms with Crippen LogP contribution in [0.1, 0.15) is 26.7 Å². The van der Waals surface area contributed by atoms with E-state index in [4.69, 9.17) is 0 Å². The molecule has 0 aliphatic rings. The minimum absolute atomic E-state index is 0. The molecular formula is C4H12ClF. The van der Waals surface area contributed by atoms with E-state index in [-0.39, 0.29) is 17.1 Å². The molecule has 0 N–H and O–H groups in total. The Morgan fingerprint density at radius 2 is 1.17 bits per heavy atom. The van der Waals surface area contributed by atoms with Crippen LogP contribution in [-0.4, -0.2) is 0 Å². The lowest BCUT2D eigenvalue weighted by Crippen LogP contribution is -1.47. The largest absolute Gasteiger partial charge is 0.269 e. The van der Waals surface area contributed by atoms with Gasteiger partial charge in [0.05, 0.1) is 0 Å². The first kappa shape index (κ1) is 16.3. The Labute approximate surface area is 44.7 Å². The highest BCUT2D eigenvalue weighted by molar-refractivity contribution is 5.85. The second-order valence-electron chi connectivity index (χ2n) is 1.000. The first-order chi connectivity index (χ1) is 1.91. The maximum atomic E-state index is 2.18. The van der Waals surface area contributed by atoms with Gasteiger partial charge in [-0.05, 0) is 0 Å². The van der Waals surface area contributed by atoms with Gasteiger partial charge < -0.3 is 0 Å². The first-order valence-electron chi connectivity index (χ1n) is 1.91. The normalized spacial score (nSPS) is 5.00. The number of hydrogen-bond acceptors (Lipinski definition) is 0. The van der Waals surface area contributed by atoms with E-state index in [1.54, 1.807) is 0 Å². The predicted molar refractivity (Wildman–Crippen MR) is 30.3 cm³/mol. The van der Waals surface area contributed by atoms with E-state index in [0.29, 0.717) is 0 Å². The van der Waals surface area contributed by atoms with Crippen molar-refractivity contribution >= 4 is 12.4 Å². The molecule has 0 spiro atoms. The molecule has 0 saturated heterocycles. The molecule has 0 aromatic rings. The molecule has 0 nitrogen and oxygen atoms in total. The third-order valence-corrected chi connectivity index (χ3v) is 0.500. The summed E-state index contributed by atoms with van der Waals surface area (Å²) in [4.78, 5) is 0.